The van der Waals surface area contributed by atoms with E-state index in [0.29, 0.717) is 13.1 Å². The van der Waals surface area contributed by atoms with Crippen molar-refractivity contribution in [1.29, 1.82) is 0 Å². The molecule has 2 aromatic carbocycles. The fraction of sp³-hybridized carbons (Fsp3) is 0.440. The Morgan fingerprint density at radius 2 is 1.52 bits per heavy atom. The highest BCUT2D eigenvalue weighted by Gasteiger charge is 2.27. The molecule has 2 saturated heterocycles. The van der Waals surface area contributed by atoms with Gasteiger partial charge >= 0.3 is 6.09 Å². The molecule has 1 N–H and O–H groups in total. The zero-order valence-corrected chi connectivity index (χ0v) is 19.3. The number of nitrogens with one attached hydrogen (secondary N) is 1. The van der Waals surface area contributed by atoms with Crippen molar-refractivity contribution in [3.05, 3.63) is 54.1 Å². The third-order valence-electron chi connectivity index (χ3n) is 6.48. The smallest absolute Gasteiger partial charge is 0.407 e. The molecule has 4 rings (SSSR count). The highest BCUT2D eigenvalue weighted by atomic mass is 16.5. The summed E-state index contributed by atoms with van der Waals surface area (Å²) in [4.78, 5) is 31.4. The second-order valence-corrected chi connectivity index (χ2v) is 8.39. The zero-order chi connectivity index (χ0) is 23.2. The summed E-state index contributed by atoms with van der Waals surface area (Å²) in [6, 6.07) is 16.0. The third-order valence-corrected chi connectivity index (χ3v) is 6.48. The first kappa shape index (κ1) is 22.8. The first-order valence-corrected chi connectivity index (χ1v) is 11.5. The van der Waals surface area contributed by atoms with E-state index in [0.717, 1.165) is 61.7 Å². The number of rotatable bonds is 5. The molecule has 0 bridgehead atoms. The van der Waals surface area contributed by atoms with Gasteiger partial charge in [-0.15, -0.1) is 0 Å². The van der Waals surface area contributed by atoms with Crippen molar-refractivity contribution in [2.24, 2.45) is 0 Å². The number of nitrogens with zero attached hydrogens (tertiary/aromatic N) is 3. The Morgan fingerprint density at radius 1 is 0.848 bits per heavy atom. The minimum absolute atomic E-state index is 0.0785. The molecule has 2 aromatic rings. The largest absolute Gasteiger partial charge is 0.497 e. The predicted octanol–water partition coefficient (Wildman–Crippen LogP) is 2.98. The van der Waals surface area contributed by atoms with E-state index in [-0.39, 0.29) is 11.9 Å². The molecule has 2 heterocycles. The Kier molecular flexibility index (Phi) is 7.22. The number of carbonyl (C=O) groups excluding carboxylic acids is 2. The van der Waals surface area contributed by atoms with Gasteiger partial charge < -0.3 is 29.5 Å². The summed E-state index contributed by atoms with van der Waals surface area (Å²) >= 11 is 0. The second kappa shape index (κ2) is 10.5. The maximum Gasteiger partial charge on any atom is 0.407 e. The molecule has 0 atom stereocenters. The van der Waals surface area contributed by atoms with Crippen LogP contribution in [0.15, 0.2) is 48.5 Å². The summed E-state index contributed by atoms with van der Waals surface area (Å²) < 4.78 is 9.95. The van der Waals surface area contributed by atoms with Gasteiger partial charge in [-0.1, -0.05) is 12.1 Å². The van der Waals surface area contributed by atoms with Gasteiger partial charge in [0.15, 0.2) is 0 Å². The highest BCUT2D eigenvalue weighted by Crippen LogP contribution is 2.27. The molecule has 8 heteroatoms. The Bertz CT molecular complexity index is 949. The average molecular weight is 453 g/mol. The van der Waals surface area contributed by atoms with Gasteiger partial charge in [-0.3, -0.25) is 4.79 Å². The van der Waals surface area contributed by atoms with E-state index in [2.05, 4.69) is 27.2 Å². The van der Waals surface area contributed by atoms with Crippen LogP contribution in [0.4, 0.5) is 16.2 Å². The molecule has 33 heavy (non-hydrogen) atoms. The maximum atomic E-state index is 13.4. The number of alkyl carbamates (subject to hydrolysis) is 1. The Balaban J connectivity index is 1.37. The van der Waals surface area contributed by atoms with Gasteiger partial charge in [0.2, 0.25) is 0 Å². The molecule has 0 spiro atoms. The monoisotopic (exact) mass is 452 g/mol. The van der Waals surface area contributed by atoms with Gasteiger partial charge in [0, 0.05) is 56.7 Å². The van der Waals surface area contributed by atoms with Crippen molar-refractivity contribution in [2.75, 3.05) is 63.3 Å². The predicted molar refractivity (Wildman–Crippen MR) is 128 cm³/mol. The molecule has 0 aromatic heterocycles. The summed E-state index contributed by atoms with van der Waals surface area (Å²) in [6.07, 6.45) is 1.24. The highest BCUT2D eigenvalue weighted by molar-refractivity contribution is 6.00. The Labute approximate surface area is 195 Å². The minimum atomic E-state index is -0.391. The van der Waals surface area contributed by atoms with Crippen LogP contribution in [0.5, 0.6) is 5.75 Å². The van der Waals surface area contributed by atoms with Crippen molar-refractivity contribution in [3.63, 3.8) is 0 Å². The lowest BCUT2D eigenvalue weighted by Crippen LogP contribution is -2.49. The van der Waals surface area contributed by atoms with Crippen molar-refractivity contribution in [2.45, 2.75) is 18.9 Å². The van der Waals surface area contributed by atoms with Gasteiger partial charge in [-0.2, -0.15) is 0 Å². The number of hydrogen-bond acceptors (Lipinski definition) is 6. The number of piperazine rings is 1. The first-order valence-electron chi connectivity index (χ1n) is 11.5. The molecule has 0 saturated carbocycles. The van der Waals surface area contributed by atoms with Crippen LogP contribution < -0.4 is 19.9 Å². The van der Waals surface area contributed by atoms with E-state index < -0.39 is 6.09 Å². The van der Waals surface area contributed by atoms with Crippen LogP contribution in [-0.2, 0) is 4.74 Å². The van der Waals surface area contributed by atoms with E-state index in [4.69, 9.17) is 9.47 Å². The molecule has 2 fully saturated rings. The minimum Gasteiger partial charge on any atom is -0.497 e. The van der Waals surface area contributed by atoms with E-state index >= 15 is 0 Å². The van der Waals surface area contributed by atoms with Gasteiger partial charge in [-0.25, -0.2) is 4.79 Å². The van der Waals surface area contributed by atoms with Gasteiger partial charge in [0.25, 0.3) is 5.91 Å². The van der Waals surface area contributed by atoms with E-state index in [1.54, 1.807) is 7.11 Å². The third kappa shape index (κ3) is 5.32. The number of piperidine rings is 1. The molecular formula is C25H32N4O4. The maximum absolute atomic E-state index is 13.4. The lowest BCUT2D eigenvalue weighted by Gasteiger charge is -2.38. The van der Waals surface area contributed by atoms with Crippen LogP contribution in [0.25, 0.3) is 0 Å². The first-order chi connectivity index (χ1) is 16.1. The number of hydrogen-bond donors (Lipinski definition) is 1. The van der Waals surface area contributed by atoms with E-state index in [1.807, 2.05) is 41.3 Å². The molecule has 8 nitrogen and oxygen atoms in total. The molecule has 0 radical (unpaired) electrons. The number of ether oxygens (including phenoxy) is 2. The Morgan fingerprint density at radius 3 is 2.15 bits per heavy atom. The quantitative estimate of drug-likeness (QED) is 0.752. The normalized spacial score (nSPS) is 17.0. The number of methoxy groups -OCH3 is 2. The van der Waals surface area contributed by atoms with Crippen LogP contribution in [0, 0.1) is 0 Å². The molecule has 2 aliphatic rings. The fourth-order valence-electron chi connectivity index (χ4n) is 4.55. The molecule has 0 aliphatic carbocycles. The number of benzene rings is 2. The number of para-hydroxylation sites is 1. The van der Waals surface area contributed by atoms with E-state index in [9.17, 15) is 9.59 Å². The number of anilines is 2. The van der Waals surface area contributed by atoms with E-state index in [1.165, 1.54) is 7.11 Å². The molecule has 2 aliphatic heterocycles. The average Bonchev–Trinajstić information content (AvgIpc) is 2.89. The van der Waals surface area contributed by atoms with Gasteiger partial charge in [0.05, 0.1) is 19.8 Å². The molecular weight excluding hydrogens is 420 g/mol. The fourth-order valence-corrected chi connectivity index (χ4v) is 4.55. The summed E-state index contributed by atoms with van der Waals surface area (Å²) in [6.45, 7) is 4.53. The summed E-state index contributed by atoms with van der Waals surface area (Å²) in [5, 5.41) is 2.88. The molecule has 2 amide bonds. The van der Waals surface area contributed by atoms with Gasteiger partial charge in [0.1, 0.15) is 5.75 Å². The second-order valence-electron chi connectivity index (χ2n) is 8.39. The SMILES string of the molecule is COC(=O)NC1CCN(c2ccccc2C(=O)N2CCN(c3ccc(OC)cc3)CC2)CC1. The topological polar surface area (TPSA) is 74.4 Å². The van der Waals surface area contributed by atoms with Crippen LogP contribution in [-0.4, -0.2) is 76.4 Å². The lowest BCUT2D eigenvalue weighted by molar-refractivity contribution is 0.0747. The van der Waals surface area contributed by atoms with Crippen molar-refractivity contribution < 1.29 is 19.1 Å². The lowest BCUT2D eigenvalue weighted by atomic mass is 10.0. The zero-order valence-electron chi connectivity index (χ0n) is 19.3. The summed E-state index contributed by atoms with van der Waals surface area (Å²) in [5.74, 6) is 0.920. The van der Waals surface area contributed by atoms with Crippen LogP contribution in [0.3, 0.4) is 0 Å². The van der Waals surface area contributed by atoms with Crippen LogP contribution in [0.1, 0.15) is 23.2 Å². The molecule has 176 valence electrons. The standard InChI is InChI=1S/C25H32N4O4/c1-32-21-9-7-20(8-10-21)27-15-17-29(18-16-27)24(30)22-5-3-4-6-23(22)28-13-11-19(12-14-28)26-25(31)33-2/h3-10,19H,11-18H2,1-2H3,(H,26,31). The van der Waals surface area contributed by atoms with Crippen molar-refractivity contribution in [1.82, 2.24) is 10.2 Å². The summed E-state index contributed by atoms with van der Waals surface area (Å²) in [7, 11) is 3.04. The van der Waals surface area contributed by atoms with Crippen LogP contribution in [0.2, 0.25) is 0 Å². The Hall–Kier alpha value is -3.42. The summed E-state index contributed by atoms with van der Waals surface area (Å²) in [5.41, 5.74) is 2.86. The van der Waals surface area contributed by atoms with Crippen molar-refractivity contribution >= 4 is 23.4 Å². The van der Waals surface area contributed by atoms with Crippen molar-refractivity contribution in [3.8, 4) is 5.75 Å². The number of amides is 2. The number of carbonyl (C=O) groups is 2. The van der Waals surface area contributed by atoms with Crippen LogP contribution >= 0.6 is 0 Å². The van der Waals surface area contributed by atoms with Gasteiger partial charge in [-0.05, 0) is 49.2 Å². The molecule has 0 unspecified atom stereocenters.